The maximum Gasteiger partial charge on any atom is 0.223 e. The van der Waals surface area contributed by atoms with Gasteiger partial charge in [0.2, 0.25) is 11.8 Å². The van der Waals surface area contributed by atoms with Crippen LogP contribution in [-0.4, -0.2) is 60.4 Å². The molecular weight excluding hydrogens is 314 g/mol. The van der Waals surface area contributed by atoms with Crippen molar-refractivity contribution in [1.82, 2.24) is 15.1 Å². The molecule has 0 saturated carbocycles. The van der Waals surface area contributed by atoms with Crippen LogP contribution in [0.2, 0.25) is 0 Å². The molecule has 5 nitrogen and oxygen atoms in total. The third-order valence-electron chi connectivity index (χ3n) is 4.15. The topological polar surface area (TPSA) is 52.7 Å². The van der Waals surface area contributed by atoms with Gasteiger partial charge in [-0.25, -0.2) is 0 Å². The summed E-state index contributed by atoms with van der Waals surface area (Å²) >= 11 is 0. The maximum absolute atomic E-state index is 12.5. The van der Waals surface area contributed by atoms with Gasteiger partial charge in [0.15, 0.2) is 0 Å². The van der Waals surface area contributed by atoms with E-state index in [2.05, 4.69) is 26.1 Å². The number of carbonyl (C=O) groups is 2. The summed E-state index contributed by atoms with van der Waals surface area (Å²) in [6, 6.07) is 0.310. The largest absolute Gasteiger partial charge is 0.343 e. The monoisotopic (exact) mass is 347 g/mol. The highest BCUT2D eigenvalue weighted by molar-refractivity contribution is 5.85. The molecule has 136 valence electrons. The minimum Gasteiger partial charge on any atom is -0.343 e. The number of nitrogens with one attached hydrogen (secondary N) is 1. The highest BCUT2D eigenvalue weighted by atomic mass is 35.5. The number of hydrogen-bond donors (Lipinski definition) is 1. The van der Waals surface area contributed by atoms with Crippen molar-refractivity contribution in [3.8, 4) is 0 Å². The predicted octanol–water partition coefficient (Wildman–Crippen LogP) is 2.44. The molecule has 1 fully saturated rings. The van der Waals surface area contributed by atoms with E-state index in [0.29, 0.717) is 18.9 Å². The summed E-state index contributed by atoms with van der Waals surface area (Å²) < 4.78 is 0. The second-order valence-electron chi connectivity index (χ2n) is 6.11. The van der Waals surface area contributed by atoms with Crippen LogP contribution in [0, 0.1) is 0 Å². The van der Waals surface area contributed by atoms with E-state index in [4.69, 9.17) is 0 Å². The van der Waals surface area contributed by atoms with Crippen LogP contribution < -0.4 is 5.32 Å². The van der Waals surface area contributed by atoms with Gasteiger partial charge in [-0.3, -0.25) is 9.59 Å². The van der Waals surface area contributed by atoms with Crippen LogP contribution in [0.15, 0.2) is 0 Å². The van der Waals surface area contributed by atoms with E-state index in [9.17, 15) is 9.59 Å². The van der Waals surface area contributed by atoms with Crippen molar-refractivity contribution in [2.75, 3.05) is 32.7 Å². The summed E-state index contributed by atoms with van der Waals surface area (Å²) in [4.78, 5) is 28.6. The van der Waals surface area contributed by atoms with E-state index in [1.54, 1.807) is 0 Å². The van der Waals surface area contributed by atoms with Gasteiger partial charge in [0, 0.05) is 45.1 Å². The molecular formula is C17H34ClN3O2. The summed E-state index contributed by atoms with van der Waals surface area (Å²) in [7, 11) is 0. The molecule has 0 aromatic heterocycles. The predicted molar refractivity (Wildman–Crippen MR) is 96.9 cm³/mol. The van der Waals surface area contributed by atoms with Gasteiger partial charge in [0.1, 0.15) is 0 Å². The first kappa shape index (κ1) is 22.2. The van der Waals surface area contributed by atoms with Gasteiger partial charge in [0.05, 0.1) is 0 Å². The molecule has 0 spiro atoms. The Labute approximate surface area is 147 Å². The lowest BCUT2D eigenvalue weighted by molar-refractivity contribution is -0.138. The van der Waals surface area contributed by atoms with Crippen molar-refractivity contribution in [3.05, 3.63) is 0 Å². The minimum atomic E-state index is 0. The molecule has 0 radical (unpaired) electrons. The molecule has 1 saturated heterocycles. The smallest absolute Gasteiger partial charge is 0.223 e. The summed E-state index contributed by atoms with van der Waals surface area (Å²) in [5.41, 5.74) is 0. The minimum absolute atomic E-state index is 0. The van der Waals surface area contributed by atoms with Crippen LogP contribution in [0.5, 0.6) is 0 Å². The fourth-order valence-corrected chi connectivity index (χ4v) is 3.07. The molecule has 1 aliphatic heterocycles. The lowest BCUT2D eigenvalue weighted by Crippen LogP contribution is -2.42. The van der Waals surface area contributed by atoms with Crippen LogP contribution in [0.25, 0.3) is 0 Å². The Balaban J connectivity index is 0.00000484. The zero-order valence-corrected chi connectivity index (χ0v) is 15.8. The van der Waals surface area contributed by atoms with Crippen molar-refractivity contribution in [3.63, 3.8) is 0 Å². The number of halogens is 1. The molecule has 1 aliphatic rings. The number of rotatable bonds is 10. The van der Waals surface area contributed by atoms with Gasteiger partial charge >= 0.3 is 0 Å². The molecule has 1 rings (SSSR count). The third-order valence-corrected chi connectivity index (χ3v) is 4.15. The Morgan fingerprint density at radius 1 is 0.957 bits per heavy atom. The van der Waals surface area contributed by atoms with Gasteiger partial charge in [0.25, 0.3) is 0 Å². The van der Waals surface area contributed by atoms with Crippen LogP contribution in [0.3, 0.4) is 0 Å². The molecule has 6 heteroatoms. The average molecular weight is 348 g/mol. The van der Waals surface area contributed by atoms with Gasteiger partial charge in [-0.1, -0.05) is 20.8 Å². The number of carbonyl (C=O) groups excluding carboxylic acids is 2. The SMILES string of the molecule is CCCN(CCC)C(=O)CCC(=O)N(CCC)C1CCNC1.Cl. The molecule has 2 amide bonds. The van der Waals surface area contributed by atoms with Crippen molar-refractivity contribution in [2.24, 2.45) is 0 Å². The van der Waals surface area contributed by atoms with Crippen molar-refractivity contribution >= 4 is 24.2 Å². The van der Waals surface area contributed by atoms with Gasteiger partial charge < -0.3 is 15.1 Å². The zero-order chi connectivity index (χ0) is 16.4. The Morgan fingerprint density at radius 3 is 2.00 bits per heavy atom. The highest BCUT2D eigenvalue weighted by Gasteiger charge is 2.26. The maximum atomic E-state index is 12.5. The van der Waals surface area contributed by atoms with Crippen molar-refractivity contribution < 1.29 is 9.59 Å². The molecule has 0 aliphatic carbocycles. The highest BCUT2D eigenvalue weighted by Crippen LogP contribution is 2.12. The molecule has 23 heavy (non-hydrogen) atoms. The first-order valence-electron chi connectivity index (χ1n) is 8.91. The summed E-state index contributed by atoms with van der Waals surface area (Å²) in [5.74, 6) is 0.259. The van der Waals surface area contributed by atoms with E-state index < -0.39 is 0 Å². The Morgan fingerprint density at radius 2 is 1.52 bits per heavy atom. The standard InChI is InChI=1S/C17H33N3O2.ClH/c1-4-11-19(12-5-2)16(21)7-8-17(22)20(13-6-3)15-9-10-18-14-15;/h15,18H,4-14H2,1-3H3;1H. The van der Waals surface area contributed by atoms with E-state index in [1.807, 2.05) is 9.80 Å². The lowest BCUT2D eigenvalue weighted by atomic mass is 10.1. The molecule has 1 N–H and O–H groups in total. The second kappa shape index (κ2) is 12.6. The lowest BCUT2D eigenvalue weighted by Gasteiger charge is -2.29. The molecule has 0 aromatic rings. The first-order chi connectivity index (χ1) is 10.6. The summed E-state index contributed by atoms with van der Waals surface area (Å²) in [5, 5.41) is 3.31. The number of hydrogen-bond acceptors (Lipinski definition) is 3. The van der Waals surface area contributed by atoms with E-state index in [-0.39, 0.29) is 24.2 Å². The number of amides is 2. The number of nitrogens with zero attached hydrogens (tertiary/aromatic N) is 2. The Kier molecular flexibility index (Phi) is 12.1. The van der Waals surface area contributed by atoms with Crippen LogP contribution in [0.4, 0.5) is 0 Å². The van der Waals surface area contributed by atoms with E-state index >= 15 is 0 Å². The average Bonchev–Trinajstić information content (AvgIpc) is 3.03. The van der Waals surface area contributed by atoms with Gasteiger partial charge in [-0.05, 0) is 32.2 Å². The molecule has 0 aromatic carbocycles. The molecule has 0 bridgehead atoms. The molecule has 1 atom stereocenters. The van der Waals surface area contributed by atoms with Crippen molar-refractivity contribution in [2.45, 2.75) is 65.3 Å². The quantitative estimate of drug-likeness (QED) is 0.660. The summed E-state index contributed by atoms with van der Waals surface area (Å²) in [6.45, 7) is 10.5. The molecule has 1 unspecified atom stereocenters. The second-order valence-corrected chi connectivity index (χ2v) is 6.11. The van der Waals surface area contributed by atoms with Crippen LogP contribution >= 0.6 is 12.4 Å². The fourth-order valence-electron chi connectivity index (χ4n) is 3.07. The fraction of sp³-hybridized carbons (Fsp3) is 0.882. The van der Waals surface area contributed by atoms with E-state index in [0.717, 1.165) is 58.4 Å². The normalized spacial score (nSPS) is 16.7. The van der Waals surface area contributed by atoms with Gasteiger partial charge in [-0.15, -0.1) is 12.4 Å². The van der Waals surface area contributed by atoms with Crippen LogP contribution in [0.1, 0.15) is 59.3 Å². The molecule has 1 heterocycles. The Bertz CT molecular complexity index is 341. The van der Waals surface area contributed by atoms with Crippen LogP contribution in [-0.2, 0) is 9.59 Å². The van der Waals surface area contributed by atoms with Crippen molar-refractivity contribution in [1.29, 1.82) is 0 Å². The third kappa shape index (κ3) is 7.53. The zero-order valence-electron chi connectivity index (χ0n) is 15.0. The Hall–Kier alpha value is -0.810. The first-order valence-corrected chi connectivity index (χ1v) is 8.91. The van der Waals surface area contributed by atoms with E-state index in [1.165, 1.54) is 0 Å². The summed E-state index contributed by atoms with van der Waals surface area (Å²) in [6.07, 6.45) is 4.62. The van der Waals surface area contributed by atoms with Gasteiger partial charge in [-0.2, -0.15) is 0 Å².